The molecule has 0 N–H and O–H groups in total. The van der Waals surface area contributed by atoms with Gasteiger partial charge in [-0.1, -0.05) is 78.1 Å². The van der Waals surface area contributed by atoms with Crippen LogP contribution in [-0.2, 0) is 19.0 Å². The van der Waals surface area contributed by atoms with Crippen LogP contribution in [-0.4, -0.2) is 39.0 Å². The molecule has 4 heteroatoms. The number of carbonyl (C=O) groups excluding carboxylic acids is 1. The molecule has 0 heterocycles. The van der Waals surface area contributed by atoms with Gasteiger partial charge in [0.15, 0.2) is 0 Å². The normalized spacial score (nSPS) is 11.0. The van der Waals surface area contributed by atoms with Crippen LogP contribution in [0.25, 0.3) is 0 Å². The van der Waals surface area contributed by atoms with Crippen LogP contribution >= 0.6 is 0 Å². The minimum absolute atomic E-state index is 0.0938. The molecule has 0 amide bonds. The summed E-state index contributed by atoms with van der Waals surface area (Å²) in [5, 5.41) is 0. The third-order valence-corrected chi connectivity index (χ3v) is 4.44. The highest BCUT2D eigenvalue weighted by atomic mass is 16.5. The second-order valence-corrected chi connectivity index (χ2v) is 7.08. The topological polar surface area (TPSA) is 44.8 Å². The van der Waals surface area contributed by atoms with Crippen LogP contribution < -0.4 is 0 Å². The fourth-order valence-corrected chi connectivity index (χ4v) is 2.73. The van der Waals surface area contributed by atoms with Crippen LogP contribution in [0.2, 0.25) is 0 Å². The van der Waals surface area contributed by atoms with Gasteiger partial charge in [0.2, 0.25) is 0 Å². The van der Waals surface area contributed by atoms with Crippen LogP contribution in [0.15, 0.2) is 0 Å². The Hall–Kier alpha value is -0.610. The van der Waals surface area contributed by atoms with E-state index >= 15 is 0 Å². The molecular weight excluding hydrogens is 328 g/mol. The Morgan fingerprint density at radius 2 is 1.04 bits per heavy atom. The lowest BCUT2D eigenvalue weighted by molar-refractivity contribution is -0.144. The molecule has 0 radical (unpaired) electrons. The van der Waals surface area contributed by atoms with Gasteiger partial charge < -0.3 is 14.2 Å². The molecule has 0 aliphatic rings. The van der Waals surface area contributed by atoms with Gasteiger partial charge in [-0.05, 0) is 19.3 Å². The number of esters is 1. The van der Waals surface area contributed by atoms with Gasteiger partial charge in [0.05, 0.1) is 19.8 Å². The minimum atomic E-state index is -0.0938. The van der Waals surface area contributed by atoms with Crippen LogP contribution in [0.5, 0.6) is 0 Å². The van der Waals surface area contributed by atoms with Crippen molar-refractivity contribution >= 4 is 5.97 Å². The molecule has 0 saturated carbocycles. The van der Waals surface area contributed by atoms with Gasteiger partial charge in [-0.25, -0.2) is 0 Å². The minimum Gasteiger partial charge on any atom is -0.466 e. The fraction of sp³-hybridized carbons (Fsp3) is 0.955. The van der Waals surface area contributed by atoms with Crippen molar-refractivity contribution in [3.8, 4) is 0 Å². The number of hydrogen-bond donors (Lipinski definition) is 0. The molecule has 0 aromatic heterocycles. The average molecular weight is 373 g/mol. The first-order valence-electron chi connectivity index (χ1n) is 11.1. The molecule has 0 aromatic carbocycles. The first-order valence-corrected chi connectivity index (χ1v) is 11.1. The van der Waals surface area contributed by atoms with Gasteiger partial charge in [0, 0.05) is 19.6 Å². The SMILES string of the molecule is CCCCCCCCCCCCOC(=O)CCCOCCOCCCC. The van der Waals surface area contributed by atoms with Crippen LogP contribution in [0.3, 0.4) is 0 Å². The van der Waals surface area contributed by atoms with Gasteiger partial charge >= 0.3 is 5.97 Å². The summed E-state index contributed by atoms with van der Waals surface area (Å²) < 4.78 is 16.1. The maximum Gasteiger partial charge on any atom is 0.305 e. The van der Waals surface area contributed by atoms with E-state index in [9.17, 15) is 4.79 Å². The lowest BCUT2D eigenvalue weighted by Gasteiger charge is -2.06. The smallest absolute Gasteiger partial charge is 0.305 e. The second-order valence-electron chi connectivity index (χ2n) is 7.08. The Kier molecular flexibility index (Phi) is 21.9. The predicted octanol–water partition coefficient (Wildman–Crippen LogP) is 6.06. The van der Waals surface area contributed by atoms with E-state index in [0.29, 0.717) is 32.8 Å². The van der Waals surface area contributed by atoms with E-state index in [0.717, 1.165) is 32.3 Å². The summed E-state index contributed by atoms with van der Waals surface area (Å²) in [6.45, 7) is 7.64. The maximum absolute atomic E-state index is 11.6. The van der Waals surface area contributed by atoms with E-state index in [1.54, 1.807) is 0 Å². The molecule has 0 aliphatic carbocycles. The zero-order valence-corrected chi connectivity index (χ0v) is 17.6. The molecule has 4 nitrogen and oxygen atoms in total. The predicted molar refractivity (Wildman–Crippen MR) is 109 cm³/mol. The van der Waals surface area contributed by atoms with Crippen molar-refractivity contribution in [3.05, 3.63) is 0 Å². The van der Waals surface area contributed by atoms with Crippen molar-refractivity contribution in [2.75, 3.05) is 33.0 Å². The summed E-state index contributed by atoms with van der Waals surface area (Å²) >= 11 is 0. The molecule has 0 spiro atoms. The van der Waals surface area contributed by atoms with Crippen LogP contribution in [0.1, 0.15) is 104 Å². The molecule has 0 aromatic rings. The molecule has 0 unspecified atom stereocenters. The van der Waals surface area contributed by atoms with Gasteiger partial charge in [-0.3, -0.25) is 4.79 Å². The van der Waals surface area contributed by atoms with Crippen LogP contribution in [0, 0.1) is 0 Å². The van der Waals surface area contributed by atoms with Crippen LogP contribution in [0.4, 0.5) is 0 Å². The zero-order chi connectivity index (χ0) is 19.1. The van der Waals surface area contributed by atoms with Gasteiger partial charge in [-0.15, -0.1) is 0 Å². The van der Waals surface area contributed by atoms with Crippen molar-refractivity contribution in [1.29, 1.82) is 0 Å². The first-order chi connectivity index (χ1) is 12.8. The quantitative estimate of drug-likeness (QED) is 0.181. The maximum atomic E-state index is 11.6. The lowest BCUT2D eigenvalue weighted by atomic mass is 10.1. The Morgan fingerprint density at radius 3 is 1.62 bits per heavy atom. The van der Waals surface area contributed by atoms with E-state index in [1.807, 2.05) is 0 Å². The molecule has 0 fully saturated rings. The summed E-state index contributed by atoms with van der Waals surface area (Å²) in [7, 11) is 0. The number of ether oxygens (including phenoxy) is 3. The van der Waals surface area contributed by atoms with E-state index in [2.05, 4.69) is 13.8 Å². The molecule has 0 saturated heterocycles. The summed E-state index contributed by atoms with van der Waals surface area (Å²) in [4.78, 5) is 11.6. The Bertz CT molecular complexity index is 281. The van der Waals surface area contributed by atoms with Crippen molar-refractivity contribution in [3.63, 3.8) is 0 Å². The Morgan fingerprint density at radius 1 is 0.538 bits per heavy atom. The Labute approximate surface area is 162 Å². The van der Waals surface area contributed by atoms with Gasteiger partial charge in [0.1, 0.15) is 0 Å². The molecule has 26 heavy (non-hydrogen) atoms. The highest BCUT2D eigenvalue weighted by Gasteiger charge is 2.02. The molecule has 0 rings (SSSR count). The Balaban J connectivity index is 3.13. The highest BCUT2D eigenvalue weighted by molar-refractivity contribution is 5.69. The summed E-state index contributed by atoms with van der Waals surface area (Å²) in [5.41, 5.74) is 0. The average Bonchev–Trinajstić information content (AvgIpc) is 2.64. The van der Waals surface area contributed by atoms with Crippen molar-refractivity contribution in [1.82, 2.24) is 0 Å². The third kappa shape index (κ3) is 21.4. The number of carbonyl (C=O) groups is 1. The second kappa shape index (κ2) is 22.4. The lowest BCUT2D eigenvalue weighted by Crippen LogP contribution is -2.09. The standard InChI is InChI=1S/C22H44O4/c1-3-5-7-8-9-10-11-12-13-14-19-26-22(23)16-15-18-25-21-20-24-17-6-4-2/h3-21H2,1-2H3. The zero-order valence-electron chi connectivity index (χ0n) is 17.6. The molecule has 0 bridgehead atoms. The third-order valence-electron chi connectivity index (χ3n) is 4.44. The molecule has 0 aliphatic heterocycles. The molecule has 156 valence electrons. The van der Waals surface area contributed by atoms with Crippen molar-refractivity contribution in [2.45, 2.75) is 104 Å². The van der Waals surface area contributed by atoms with Crippen molar-refractivity contribution < 1.29 is 19.0 Å². The van der Waals surface area contributed by atoms with E-state index in [4.69, 9.17) is 14.2 Å². The molecule has 0 atom stereocenters. The summed E-state index contributed by atoms with van der Waals surface area (Å²) in [5.74, 6) is -0.0938. The van der Waals surface area contributed by atoms with Gasteiger partial charge in [-0.2, -0.15) is 0 Å². The van der Waals surface area contributed by atoms with E-state index < -0.39 is 0 Å². The van der Waals surface area contributed by atoms with Gasteiger partial charge in [0.25, 0.3) is 0 Å². The monoisotopic (exact) mass is 372 g/mol. The fourth-order valence-electron chi connectivity index (χ4n) is 2.73. The largest absolute Gasteiger partial charge is 0.466 e. The molecular formula is C22H44O4. The van der Waals surface area contributed by atoms with Crippen molar-refractivity contribution in [2.24, 2.45) is 0 Å². The first kappa shape index (κ1) is 25.4. The highest BCUT2D eigenvalue weighted by Crippen LogP contribution is 2.10. The number of unbranched alkanes of at least 4 members (excludes halogenated alkanes) is 10. The summed E-state index contributed by atoms with van der Waals surface area (Å²) in [6.07, 6.45) is 16.4. The van der Waals surface area contributed by atoms with E-state index in [1.165, 1.54) is 57.8 Å². The van der Waals surface area contributed by atoms with E-state index in [-0.39, 0.29) is 5.97 Å². The number of rotatable bonds is 21. The summed E-state index contributed by atoms with van der Waals surface area (Å²) in [6, 6.07) is 0. The number of hydrogen-bond acceptors (Lipinski definition) is 4.